The largest absolute Gasteiger partial charge is 0.341 e. The van der Waals surface area contributed by atoms with Gasteiger partial charge in [-0.15, -0.1) is 10.2 Å². The van der Waals surface area contributed by atoms with Crippen molar-refractivity contribution in [2.75, 3.05) is 22.9 Å². The Labute approximate surface area is 119 Å². The predicted octanol–water partition coefficient (Wildman–Crippen LogP) is 1.32. The standard InChI is InChI=1S/C12H13FN6S/c13-8-5-14-11(15-6-8)18-3-1-10-9(18)2-4-19(10)12-17-16-7-20-12/h5-7,9-10H,1-4H2/t9-,10+/m0/s1. The van der Waals surface area contributed by atoms with Crippen LogP contribution in [0.3, 0.4) is 0 Å². The highest BCUT2D eigenvalue weighted by Crippen LogP contribution is 2.36. The average molecular weight is 292 g/mol. The molecule has 0 spiro atoms. The molecule has 0 radical (unpaired) electrons. The van der Waals surface area contributed by atoms with E-state index in [0.717, 1.165) is 31.1 Å². The summed E-state index contributed by atoms with van der Waals surface area (Å²) in [6.07, 6.45) is 4.55. The van der Waals surface area contributed by atoms with E-state index < -0.39 is 5.82 Å². The number of aromatic nitrogens is 4. The molecule has 2 aliphatic heterocycles. The Balaban J connectivity index is 1.58. The van der Waals surface area contributed by atoms with Crippen molar-refractivity contribution in [2.45, 2.75) is 24.9 Å². The number of hydrogen-bond donors (Lipinski definition) is 0. The van der Waals surface area contributed by atoms with Crippen LogP contribution in [0.25, 0.3) is 0 Å². The molecule has 0 aliphatic carbocycles. The molecule has 2 saturated heterocycles. The number of nitrogens with zero attached hydrogens (tertiary/aromatic N) is 6. The monoisotopic (exact) mass is 292 g/mol. The van der Waals surface area contributed by atoms with Gasteiger partial charge in [0.1, 0.15) is 5.51 Å². The fourth-order valence-electron chi connectivity index (χ4n) is 3.22. The van der Waals surface area contributed by atoms with Crippen LogP contribution in [0.15, 0.2) is 17.9 Å². The van der Waals surface area contributed by atoms with E-state index in [-0.39, 0.29) is 0 Å². The fraction of sp³-hybridized carbons (Fsp3) is 0.500. The second-order valence-electron chi connectivity index (χ2n) is 5.02. The maximum Gasteiger partial charge on any atom is 0.225 e. The van der Waals surface area contributed by atoms with Crippen LogP contribution in [0.4, 0.5) is 15.5 Å². The van der Waals surface area contributed by atoms with Crippen molar-refractivity contribution in [2.24, 2.45) is 0 Å². The molecular weight excluding hydrogens is 279 g/mol. The lowest BCUT2D eigenvalue weighted by molar-refractivity contribution is 0.604. The van der Waals surface area contributed by atoms with E-state index >= 15 is 0 Å². The molecule has 4 rings (SSSR count). The van der Waals surface area contributed by atoms with Crippen LogP contribution in [-0.4, -0.2) is 45.3 Å². The van der Waals surface area contributed by atoms with Gasteiger partial charge in [0.25, 0.3) is 0 Å². The minimum Gasteiger partial charge on any atom is -0.341 e. The summed E-state index contributed by atoms with van der Waals surface area (Å²) in [5.74, 6) is 0.226. The first-order valence-electron chi connectivity index (χ1n) is 6.60. The average Bonchev–Trinajstić information content (AvgIpc) is 3.16. The van der Waals surface area contributed by atoms with Crippen LogP contribution in [0, 0.1) is 5.82 Å². The van der Waals surface area contributed by atoms with Crippen LogP contribution in [0.1, 0.15) is 12.8 Å². The van der Waals surface area contributed by atoms with Crippen LogP contribution < -0.4 is 9.80 Å². The second-order valence-corrected chi connectivity index (χ2v) is 5.83. The Kier molecular flexibility index (Phi) is 2.76. The fourth-order valence-corrected chi connectivity index (χ4v) is 3.86. The zero-order valence-electron chi connectivity index (χ0n) is 10.7. The van der Waals surface area contributed by atoms with Crippen molar-refractivity contribution < 1.29 is 4.39 Å². The van der Waals surface area contributed by atoms with E-state index in [1.54, 1.807) is 16.8 Å². The van der Waals surface area contributed by atoms with Crippen molar-refractivity contribution >= 4 is 22.4 Å². The van der Waals surface area contributed by atoms with Crippen LogP contribution in [0.2, 0.25) is 0 Å². The predicted molar refractivity (Wildman–Crippen MR) is 73.4 cm³/mol. The summed E-state index contributed by atoms with van der Waals surface area (Å²) in [5.41, 5.74) is 1.76. The molecule has 0 aromatic carbocycles. The molecule has 0 saturated carbocycles. The lowest BCUT2D eigenvalue weighted by atomic mass is 10.1. The van der Waals surface area contributed by atoms with Gasteiger partial charge in [0.05, 0.1) is 24.5 Å². The number of hydrogen-bond acceptors (Lipinski definition) is 7. The van der Waals surface area contributed by atoms with Gasteiger partial charge >= 0.3 is 0 Å². The lowest BCUT2D eigenvalue weighted by Gasteiger charge is -2.24. The maximum absolute atomic E-state index is 12.9. The molecule has 20 heavy (non-hydrogen) atoms. The number of anilines is 2. The van der Waals surface area contributed by atoms with Gasteiger partial charge in [0, 0.05) is 13.1 Å². The number of halogens is 1. The van der Waals surface area contributed by atoms with Gasteiger partial charge in [-0.3, -0.25) is 0 Å². The molecule has 2 aliphatic rings. The first-order chi connectivity index (χ1) is 9.83. The Hall–Kier alpha value is -1.83. The zero-order valence-corrected chi connectivity index (χ0v) is 11.5. The first kappa shape index (κ1) is 12.0. The van der Waals surface area contributed by atoms with E-state index in [1.165, 1.54) is 12.4 Å². The van der Waals surface area contributed by atoms with Gasteiger partial charge < -0.3 is 9.80 Å². The summed E-state index contributed by atoms with van der Waals surface area (Å²) in [4.78, 5) is 12.7. The normalized spacial score (nSPS) is 25.2. The zero-order chi connectivity index (χ0) is 13.5. The topological polar surface area (TPSA) is 58.0 Å². The van der Waals surface area contributed by atoms with Gasteiger partial charge in [-0.05, 0) is 12.8 Å². The Bertz CT molecular complexity index is 589. The Morgan fingerprint density at radius 1 is 1.10 bits per heavy atom. The summed E-state index contributed by atoms with van der Waals surface area (Å²) in [7, 11) is 0. The molecule has 104 valence electrons. The third-order valence-electron chi connectivity index (χ3n) is 4.03. The summed E-state index contributed by atoms with van der Waals surface area (Å²) < 4.78 is 12.9. The molecule has 2 aromatic rings. The summed E-state index contributed by atoms with van der Waals surface area (Å²) in [5, 5.41) is 9.06. The summed E-state index contributed by atoms with van der Waals surface area (Å²) >= 11 is 1.57. The summed E-state index contributed by atoms with van der Waals surface area (Å²) in [6.45, 7) is 1.87. The van der Waals surface area contributed by atoms with E-state index in [1.807, 2.05) is 0 Å². The van der Waals surface area contributed by atoms with E-state index in [9.17, 15) is 4.39 Å². The molecule has 4 heterocycles. The van der Waals surface area contributed by atoms with Crippen molar-refractivity contribution in [3.63, 3.8) is 0 Å². The second kappa shape index (κ2) is 4.62. The molecule has 2 aromatic heterocycles. The quantitative estimate of drug-likeness (QED) is 0.832. The molecule has 0 amide bonds. The number of fused-ring (bicyclic) bond motifs is 1. The lowest BCUT2D eigenvalue weighted by Crippen LogP contribution is -2.37. The molecule has 0 unspecified atom stereocenters. The molecule has 8 heteroatoms. The highest BCUT2D eigenvalue weighted by atomic mass is 32.1. The Morgan fingerprint density at radius 2 is 1.80 bits per heavy atom. The van der Waals surface area contributed by atoms with E-state index in [2.05, 4.69) is 30.0 Å². The van der Waals surface area contributed by atoms with Crippen LogP contribution >= 0.6 is 11.3 Å². The van der Waals surface area contributed by atoms with Crippen molar-refractivity contribution in [3.8, 4) is 0 Å². The van der Waals surface area contributed by atoms with Crippen LogP contribution in [0.5, 0.6) is 0 Å². The van der Waals surface area contributed by atoms with E-state index in [0.29, 0.717) is 18.0 Å². The highest BCUT2D eigenvalue weighted by molar-refractivity contribution is 7.13. The molecule has 6 nitrogen and oxygen atoms in total. The third kappa shape index (κ3) is 1.82. The van der Waals surface area contributed by atoms with E-state index in [4.69, 9.17) is 0 Å². The minimum absolute atomic E-state index is 0.379. The Morgan fingerprint density at radius 3 is 2.50 bits per heavy atom. The number of rotatable bonds is 2. The molecular formula is C12H13FN6S. The van der Waals surface area contributed by atoms with Gasteiger partial charge in [-0.2, -0.15) is 0 Å². The van der Waals surface area contributed by atoms with Crippen molar-refractivity contribution in [3.05, 3.63) is 23.7 Å². The smallest absolute Gasteiger partial charge is 0.225 e. The minimum atomic E-state index is -0.397. The van der Waals surface area contributed by atoms with Gasteiger partial charge in [-0.25, -0.2) is 14.4 Å². The van der Waals surface area contributed by atoms with Gasteiger partial charge in [0.2, 0.25) is 11.1 Å². The van der Waals surface area contributed by atoms with Crippen LogP contribution in [-0.2, 0) is 0 Å². The SMILES string of the molecule is Fc1cnc(N2CC[C@@H]3[C@@H]2CCN3c2nncs2)nc1. The first-order valence-corrected chi connectivity index (χ1v) is 7.48. The summed E-state index contributed by atoms with van der Waals surface area (Å²) in [6, 6.07) is 0.806. The third-order valence-corrected chi connectivity index (χ3v) is 4.76. The highest BCUT2D eigenvalue weighted by Gasteiger charge is 2.44. The molecule has 2 atom stereocenters. The van der Waals surface area contributed by atoms with Gasteiger partial charge in [-0.1, -0.05) is 11.3 Å². The maximum atomic E-state index is 12.9. The molecule has 0 bridgehead atoms. The molecule has 2 fully saturated rings. The van der Waals surface area contributed by atoms with Crippen molar-refractivity contribution in [1.29, 1.82) is 0 Å². The van der Waals surface area contributed by atoms with Crippen molar-refractivity contribution in [1.82, 2.24) is 20.2 Å². The molecule has 0 N–H and O–H groups in total. The van der Waals surface area contributed by atoms with Gasteiger partial charge in [0.15, 0.2) is 5.82 Å².